The fourth-order valence-corrected chi connectivity index (χ4v) is 1.70. The van der Waals surface area contributed by atoms with Crippen LogP contribution in [0.4, 0.5) is 0 Å². The van der Waals surface area contributed by atoms with Crippen LogP contribution in [0.1, 0.15) is 59.8 Å². The van der Waals surface area contributed by atoms with Crippen molar-refractivity contribution in [1.82, 2.24) is 5.32 Å². The van der Waals surface area contributed by atoms with Crippen LogP contribution in [0.2, 0.25) is 0 Å². The van der Waals surface area contributed by atoms with Gasteiger partial charge in [-0.25, -0.2) is 0 Å². The Kier molecular flexibility index (Phi) is 9.33. The molecule has 0 aliphatic carbocycles. The molecule has 0 heterocycles. The van der Waals surface area contributed by atoms with Gasteiger partial charge in [0.2, 0.25) is 5.91 Å². The number of rotatable bonds is 9. The quantitative estimate of drug-likeness (QED) is 0.646. The van der Waals surface area contributed by atoms with Gasteiger partial charge in [-0.2, -0.15) is 0 Å². The molecule has 0 aromatic heterocycles. The molecule has 0 rings (SSSR count). The summed E-state index contributed by atoms with van der Waals surface area (Å²) >= 11 is 0. The van der Waals surface area contributed by atoms with Crippen LogP contribution in [0.25, 0.3) is 0 Å². The molecule has 0 spiro atoms. The molecule has 4 nitrogen and oxygen atoms in total. The van der Waals surface area contributed by atoms with Crippen LogP contribution in [0.15, 0.2) is 0 Å². The highest BCUT2D eigenvalue weighted by atomic mass is 16.5. The molecule has 4 heteroatoms. The second-order valence-corrected chi connectivity index (χ2v) is 5.10. The summed E-state index contributed by atoms with van der Waals surface area (Å²) in [6.07, 6.45) is 3.68. The van der Waals surface area contributed by atoms with Crippen molar-refractivity contribution in [2.24, 2.45) is 5.92 Å². The minimum absolute atomic E-state index is 0.0694. The summed E-state index contributed by atoms with van der Waals surface area (Å²) in [5, 5.41) is 2.90. The maximum atomic E-state index is 11.5. The molecule has 0 aliphatic heterocycles. The van der Waals surface area contributed by atoms with E-state index in [0.29, 0.717) is 12.5 Å². The molecule has 1 N–H and O–H groups in total. The van der Waals surface area contributed by atoms with Gasteiger partial charge in [-0.05, 0) is 26.2 Å². The normalized spacial score (nSPS) is 12.3. The van der Waals surface area contributed by atoms with E-state index >= 15 is 0 Å². The van der Waals surface area contributed by atoms with Crippen LogP contribution in [-0.4, -0.2) is 24.5 Å². The highest BCUT2D eigenvalue weighted by Gasteiger charge is 2.10. The second kappa shape index (κ2) is 9.92. The zero-order chi connectivity index (χ0) is 14.0. The average Bonchev–Trinajstić information content (AvgIpc) is 2.26. The van der Waals surface area contributed by atoms with Crippen molar-refractivity contribution >= 4 is 11.9 Å². The van der Waals surface area contributed by atoms with Gasteiger partial charge in [-0.15, -0.1) is 0 Å². The van der Waals surface area contributed by atoms with Gasteiger partial charge < -0.3 is 10.1 Å². The van der Waals surface area contributed by atoms with E-state index in [1.165, 1.54) is 6.42 Å². The number of esters is 1. The fourth-order valence-electron chi connectivity index (χ4n) is 1.70. The molecule has 18 heavy (non-hydrogen) atoms. The molecule has 0 saturated carbocycles. The van der Waals surface area contributed by atoms with Crippen LogP contribution in [0.5, 0.6) is 0 Å². The maximum Gasteiger partial charge on any atom is 0.306 e. The summed E-state index contributed by atoms with van der Waals surface area (Å²) in [5.41, 5.74) is 0. The first kappa shape index (κ1) is 16.9. The molecule has 0 saturated heterocycles. The predicted octanol–water partition coefficient (Wildman–Crippen LogP) is 2.66. The lowest BCUT2D eigenvalue weighted by molar-refractivity contribution is -0.144. The van der Waals surface area contributed by atoms with E-state index in [9.17, 15) is 9.59 Å². The van der Waals surface area contributed by atoms with Crippen molar-refractivity contribution in [1.29, 1.82) is 0 Å². The van der Waals surface area contributed by atoms with Crippen LogP contribution in [0, 0.1) is 5.92 Å². The second-order valence-electron chi connectivity index (χ2n) is 5.10. The Morgan fingerprint density at radius 1 is 1.11 bits per heavy atom. The molecule has 0 radical (unpaired) electrons. The van der Waals surface area contributed by atoms with E-state index < -0.39 is 0 Å². The molecular formula is C14H27NO3. The van der Waals surface area contributed by atoms with Crippen molar-refractivity contribution in [2.45, 2.75) is 65.8 Å². The van der Waals surface area contributed by atoms with Gasteiger partial charge in [0.05, 0.1) is 13.0 Å². The lowest BCUT2D eigenvalue weighted by atomic mass is 10.0. The first-order valence-electron chi connectivity index (χ1n) is 6.90. The van der Waals surface area contributed by atoms with Crippen molar-refractivity contribution in [2.75, 3.05) is 6.61 Å². The molecule has 1 atom stereocenters. The molecule has 1 amide bonds. The molecule has 1 unspecified atom stereocenters. The van der Waals surface area contributed by atoms with Crippen molar-refractivity contribution in [3.63, 3.8) is 0 Å². The van der Waals surface area contributed by atoms with E-state index in [0.717, 1.165) is 12.8 Å². The zero-order valence-corrected chi connectivity index (χ0v) is 12.1. The minimum atomic E-state index is -0.305. The standard InChI is InChI=1S/C14H27NO3/c1-5-18-14(17)10-9-13(16)15-12(4)8-6-7-11(2)3/h11-12H,5-10H2,1-4H3,(H,15,16). The van der Waals surface area contributed by atoms with Crippen molar-refractivity contribution < 1.29 is 14.3 Å². The Bertz CT molecular complexity index is 251. The van der Waals surface area contributed by atoms with Gasteiger partial charge in [-0.3, -0.25) is 9.59 Å². The van der Waals surface area contributed by atoms with Crippen molar-refractivity contribution in [3.05, 3.63) is 0 Å². The summed E-state index contributed by atoms with van der Waals surface area (Å²) in [7, 11) is 0. The zero-order valence-electron chi connectivity index (χ0n) is 12.1. The lowest BCUT2D eigenvalue weighted by Crippen LogP contribution is -2.32. The van der Waals surface area contributed by atoms with E-state index in [1.807, 2.05) is 6.92 Å². The van der Waals surface area contributed by atoms with Gasteiger partial charge in [0.25, 0.3) is 0 Å². The maximum absolute atomic E-state index is 11.5. The first-order valence-corrected chi connectivity index (χ1v) is 6.90. The average molecular weight is 257 g/mol. The Morgan fingerprint density at radius 3 is 2.33 bits per heavy atom. The molecule has 0 aliphatic rings. The third-order valence-corrected chi connectivity index (χ3v) is 2.69. The number of carbonyl (C=O) groups excluding carboxylic acids is 2. The third kappa shape index (κ3) is 10.1. The molecule has 106 valence electrons. The van der Waals surface area contributed by atoms with Gasteiger partial charge in [0, 0.05) is 12.5 Å². The van der Waals surface area contributed by atoms with E-state index in [2.05, 4.69) is 19.2 Å². The number of ether oxygens (including phenoxy) is 1. The van der Waals surface area contributed by atoms with Crippen LogP contribution in [0.3, 0.4) is 0 Å². The molecule has 0 aromatic carbocycles. The highest BCUT2D eigenvalue weighted by Crippen LogP contribution is 2.08. The number of nitrogens with one attached hydrogen (secondary N) is 1. The van der Waals surface area contributed by atoms with Gasteiger partial charge in [0.15, 0.2) is 0 Å². The van der Waals surface area contributed by atoms with Gasteiger partial charge in [0.1, 0.15) is 0 Å². The Hall–Kier alpha value is -1.06. The number of carbonyl (C=O) groups is 2. The molecule has 0 bridgehead atoms. The third-order valence-electron chi connectivity index (χ3n) is 2.69. The Labute approximate surface area is 110 Å². The van der Waals surface area contributed by atoms with E-state index in [-0.39, 0.29) is 30.8 Å². The van der Waals surface area contributed by atoms with Gasteiger partial charge in [-0.1, -0.05) is 26.7 Å². The SMILES string of the molecule is CCOC(=O)CCC(=O)NC(C)CCCC(C)C. The van der Waals surface area contributed by atoms with Crippen LogP contribution in [-0.2, 0) is 14.3 Å². The largest absolute Gasteiger partial charge is 0.466 e. The predicted molar refractivity (Wildman–Crippen MR) is 72.2 cm³/mol. The number of hydrogen-bond donors (Lipinski definition) is 1. The first-order chi connectivity index (χ1) is 8.45. The number of hydrogen-bond acceptors (Lipinski definition) is 3. The Balaban J connectivity index is 3.64. The topological polar surface area (TPSA) is 55.4 Å². The van der Waals surface area contributed by atoms with Gasteiger partial charge >= 0.3 is 5.97 Å². The summed E-state index contributed by atoms with van der Waals surface area (Å²) in [4.78, 5) is 22.6. The monoisotopic (exact) mass is 257 g/mol. The summed E-state index contributed by atoms with van der Waals surface area (Å²) in [5.74, 6) is 0.330. The smallest absolute Gasteiger partial charge is 0.306 e. The fraction of sp³-hybridized carbons (Fsp3) is 0.857. The highest BCUT2D eigenvalue weighted by molar-refractivity contribution is 5.81. The van der Waals surface area contributed by atoms with Crippen molar-refractivity contribution in [3.8, 4) is 0 Å². The Morgan fingerprint density at radius 2 is 1.78 bits per heavy atom. The van der Waals surface area contributed by atoms with Crippen LogP contribution >= 0.6 is 0 Å². The lowest BCUT2D eigenvalue weighted by Gasteiger charge is -2.14. The number of amides is 1. The molecule has 0 fully saturated rings. The minimum Gasteiger partial charge on any atom is -0.466 e. The van der Waals surface area contributed by atoms with Crippen LogP contribution < -0.4 is 5.32 Å². The molecule has 0 aromatic rings. The summed E-state index contributed by atoms with van der Waals surface area (Å²) < 4.78 is 4.77. The van der Waals surface area contributed by atoms with E-state index in [1.54, 1.807) is 6.92 Å². The van der Waals surface area contributed by atoms with E-state index in [4.69, 9.17) is 4.74 Å². The summed E-state index contributed by atoms with van der Waals surface area (Å²) in [6, 6.07) is 0.179. The molecular weight excluding hydrogens is 230 g/mol. The summed E-state index contributed by atoms with van der Waals surface area (Å²) in [6.45, 7) is 8.52.